The maximum absolute atomic E-state index is 10.2. The van der Waals surface area contributed by atoms with E-state index < -0.39 is 0 Å². The van der Waals surface area contributed by atoms with E-state index in [-0.39, 0.29) is 6.10 Å². The molecule has 0 aromatic carbocycles. The van der Waals surface area contributed by atoms with E-state index >= 15 is 0 Å². The number of aliphatic hydroxyl groups is 1. The van der Waals surface area contributed by atoms with Gasteiger partial charge >= 0.3 is 0 Å². The van der Waals surface area contributed by atoms with Crippen LogP contribution in [0.2, 0.25) is 0 Å². The SMILES string of the molecule is OC(C1=CCCC1)c1cc2c(s1)CCC2. The molecule has 1 aromatic heterocycles. The van der Waals surface area contributed by atoms with Gasteiger partial charge in [-0.1, -0.05) is 6.08 Å². The largest absolute Gasteiger partial charge is 0.383 e. The summed E-state index contributed by atoms with van der Waals surface area (Å²) < 4.78 is 0. The number of rotatable bonds is 2. The van der Waals surface area contributed by atoms with E-state index in [0.717, 1.165) is 12.8 Å². The van der Waals surface area contributed by atoms with Gasteiger partial charge in [-0.05, 0) is 55.7 Å². The minimum atomic E-state index is -0.303. The van der Waals surface area contributed by atoms with Crippen molar-refractivity contribution in [1.82, 2.24) is 0 Å². The molecule has 2 aliphatic rings. The van der Waals surface area contributed by atoms with Gasteiger partial charge in [-0.25, -0.2) is 0 Å². The summed E-state index contributed by atoms with van der Waals surface area (Å²) in [5.74, 6) is 0. The molecule has 1 nitrogen and oxygen atoms in total. The van der Waals surface area contributed by atoms with Gasteiger partial charge in [0.1, 0.15) is 6.10 Å². The van der Waals surface area contributed by atoms with Crippen LogP contribution in [0.25, 0.3) is 0 Å². The van der Waals surface area contributed by atoms with Crippen LogP contribution in [0, 0.1) is 0 Å². The number of hydrogen-bond donors (Lipinski definition) is 1. The molecule has 1 heterocycles. The van der Waals surface area contributed by atoms with E-state index in [2.05, 4.69) is 12.1 Å². The van der Waals surface area contributed by atoms with Crippen LogP contribution >= 0.6 is 11.3 Å². The molecule has 2 heteroatoms. The monoisotopic (exact) mass is 220 g/mol. The average molecular weight is 220 g/mol. The molecule has 0 amide bonds. The van der Waals surface area contributed by atoms with Gasteiger partial charge in [0.25, 0.3) is 0 Å². The molecule has 0 spiro atoms. The highest BCUT2D eigenvalue weighted by Gasteiger charge is 2.22. The molecule has 1 N–H and O–H groups in total. The lowest BCUT2D eigenvalue weighted by Crippen LogP contribution is -1.96. The fraction of sp³-hybridized carbons (Fsp3) is 0.538. The molecule has 0 aliphatic heterocycles. The Morgan fingerprint density at radius 2 is 2.13 bits per heavy atom. The lowest BCUT2D eigenvalue weighted by molar-refractivity contribution is 0.216. The van der Waals surface area contributed by atoms with Gasteiger partial charge in [-0.3, -0.25) is 0 Å². The predicted octanol–water partition coefficient (Wildman–Crippen LogP) is 3.38. The fourth-order valence-electron chi connectivity index (χ4n) is 2.61. The van der Waals surface area contributed by atoms with Gasteiger partial charge in [0.15, 0.2) is 0 Å². The highest BCUT2D eigenvalue weighted by atomic mass is 32.1. The average Bonchev–Trinajstić information content (AvgIpc) is 2.92. The first-order chi connectivity index (χ1) is 7.34. The first-order valence-electron chi connectivity index (χ1n) is 5.83. The summed E-state index contributed by atoms with van der Waals surface area (Å²) in [6.07, 6.45) is 9.13. The van der Waals surface area contributed by atoms with E-state index in [9.17, 15) is 5.11 Å². The molecule has 15 heavy (non-hydrogen) atoms. The van der Waals surface area contributed by atoms with Crippen molar-refractivity contribution >= 4 is 11.3 Å². The Balaban J connectivity index is 1.86. The third-order valence-electron chi connectivity index (χ3n) is 3.46. The molecule has 2 aliphatic carbocycles. The zero-order valence-electron chi connectivity index (χ0n) is 8.83. The summed E-state index contributed by atoms with van der Waals surface area (Å²) >= 11 is 1.83. The molecule has 0 radical (unpaired) electrons. The van der Waals surface area contributed by atoms with E-state index in [1.807, 2.05) is 11.3 Å². The van der Waals surface area contributed by atoms with Crippen LogP contribution < -0.4 is 0 Å². The van der Waals surface area contributed by atoms with Gasteiger partial charge in [0.2, 0.25) is 0 Å². The summed E-state index contributed by atoms with van der Waals surface area (Å²) in [6.45, 7) is 0. The smallest absolute Gasteiger partial charge is 0.109 e. The van der Waals surface area contributed by atoms with Crippen molar-refractivity contribution in [3.8, 4) is 0 Å². The van der Waals surface area contributed by atoms with Crippen LogP contribution in [-0.4, -0.2) is 5.11 Å². The number of allylic oxidation sites excluding steroid dienone is 1. The predicted molar refractivity (Wildman–Crippen MR) is 63.2 cm³/mol. The van der Waals surface area contributed by atoms with Gasteiger partial charge in [-0.15, -0.1) is 11.3 Å². The van der Waals surface area contributed by atoms with Gasteiger partial charge in [-0.2, -0.15) is 0 Å². The molecule has 3 rings (SSSR count). The first kappa shape index (κ1) is 9.61. The summed E-state index contributed by atoms with van der Waals surface area (Å²) in [6, 6.07) is 2.23. The van der Waals surface area contributed by atoms with Crippen molar-refractivity contribution in [2.24, 2.45) is 0 Å². The van der Waals surface area contributed by atoms with E-state index in [0.29, 0.717) is 0 Å². The molecule has 0 saturated carbocycles. The van der Waals surface area contributed by atoms with Crippen molar-refractivity contribution < 1.29 is 5.11 Å². The van der Waals surface area contributed by atoms with E-state index in [1.54, 1.807) is 0 Å². The van der Waals surface area contributed by atoms with Crippen LogP contribution in [0.15, 0.2) is 17.7 Å². The quantitative estimate of drug-likeness (QED) is 0.758. The minimum Gasteiger partial charge on any atom is -0.383 e. The summed E-state index contributed by atoms with van der Waals surface area (Å²) in [5.41, 5.74) is 2.74. The Labute approximate surface area is 94.4 Å². The second-order valence-corrected chi connectivity index (χ2v) is 5.69. The first-order valence-corrected chi connectivity index (χ1v) is 6.65. The molecular formula is C13H16OS. The normalized spacial score (nSPS) is 21.5. The third-order valence-corrected chi connectivity index (χ3v) is 4.75. The number of fused-ring (bicyclic) bond motifs is 1. The van der Waals surface area contributed by atoms with Crippen LogP contribution in [0.5, 0.6) is 0 Å². The fourth-order valence-corrected chi connectivity index (χ4v) is 3.90. The third kappa shape index (κ3) is 1.66. The van der Waals surface area contributed by atoms with Gasteiger partial charge < -0.3 is 5.11 Å². The lowest BCUT2D eigenvalue weighted by atomic mass is 10.1. The van der Waals surface area contributed by atoms with E-state index in [4.69, 9.17) is 0 Å². The number of aryl methyl sites for hydroxylation is 2. The molecule has 0 saturated heterocycles. The topological polar surface area (TPSA) is 20.2 Å². The molecule has 1 aromatic rings. The minimum absolute atomic E-state index is 0.303. The Morgan fingerprint density at radius 3 is 2.87 bits per heavy atom. The standard InChI is InChI=1S/C13H16OS/c14-13(9-4-1-2-5-9)12-8-10-6-3-7-11(10)15-12/h4,8,13-14H,1-3,5-7H2. The van der Waals surface area contributed by atoms with Crippen LogP contribution in [-0.2, 0) is 12.8 Å². The number of aliphatic hydroxyl groups excluding tert-OH is 1. The zero-order chi connectivity index (χ0) is 10.3. The highest BCUT2D eigenvalue weighted by Crippen LogP contribution is 2.38. The van der Waals surface area contributed by atoms with Gasteiger partial charge in [0.05, 0.1) is 0 Å². The second-order valence-electron chi connectivity index (χ2n) is 4.52. The van der Waals surface area contributed by atoms with Crippen molar-refractivity contribution in [1.29, 1.82) is 0 Å². The van der Waals surface area contributed by atoms with Crippen LogP contribution in [0.1, 0.15) is 47.1 Å². The van der Waals surface area contributed by atoms with E-state index in [1.165, 1.54) is 46.6 Å². The zero-order valence-corrected chi connectivity index (χ0v) is 9.65. The van der Waals surface area contributed by atoms with Crippen LogP contribution in [0.3, 0.4) is 0 Å². The Bertz CT molecular complexity index is 381. The lowest BCUT2D eigenvalue weighted by Gasteiger charge is -2.09. The van der Waals surface area contributed by atoms with Crippen LogP contribution in [0.4, 0.5) is 0 Å². The van der Waals surface area contributed by atoms with Crippen molar-refractivity contribution in [3.63, 3.8) is 0 Å². The van der Waals surface area contributed by atoms with Crippen molar-refractivity contribution in [2.75, 3.05) is 0 Å². The van der Waals surface area contributed by atoms with Gasteiger partial charge in [0, 0.05) is 9.75 Å². The molecule has 0 fully saturated rings. The summed E-state index contributed by atoms with van der Waals surface area (Å²) in [7, 11) is 0. The maximum atomic E-state index is 10.2. The Morgan fingerprint density at radius 1 is 1.20 bits per heavy atom. The van der Waals surface area contributed by atoms with Crippen molar-refractivity contribution in [3.05, 3.63) is 33.0 Å². The Hall–Kier alpha value is -0.600. The number of hydrogen-bond acceptors (Lipinski definition) is 2. The van der Waals surface area contributed by atoms with Crippen molar-refractivity contribution in [2.45, 2.75) is 44.6 Å². The highest BCUT2D eigenvalue weighted by molar-refractivity contribution is 7.12. The number of thiophene rings is 1. The molecule has 0 bridgehead atoms. The molecular weight excluding hydrogens is 204 g/mol. The molecule has 1 unspecified atom stereocenters. The summed E-state index contributed by atoms with van der Waals surface area (Å²) in [5, 5.41) is 10.2. The molecule has 80 valence electrons. The summed E-state index contributed by atoms with van der Waals surface area (Å²) in [4.78, 5) is 2.69. The molecule has 1 atom stereocenters. The maximum Gasteiger partial charge on any atom is 0.109 e. The second kappa shape index (κ2) is 3.76. The Kier molecular flexibility index (Phi) is 2.41.